The first kappa shape index (κ1) is 15.2. The second-order valence-electron chi connectivity index (χ2n) is 5.40. The largest absolute Gasteiger partial charge is 0.308 e. The van der Waals surface area contributed by atoms with Crippen LogP contribution in [0.15, 0.2) is 30.3 Å². The van der Waals surface area contributed by atoms with Crippen LogP contribution in [0, 0.1) is 0 Å². The van der Waals surface area contributed by atoms with E-state index in [9.17, 15) is 0 Å². The van der Waals surface area contributed by atoms with Crippen molar-refractivity contribution in [1.82, 2.24) is 5.32 Å². The van der Waals surface area contributed by atoms with E-state index in [2.05, 4.69) is 56.4 Å². The summed E-state index contributed by atoms with van der Waals surface area (Å²) in [7, 11) is 0. The van der Waals surface area contributed by atoms with Crippen molar-refractivity contribution < 1.29 is 0 Å². The summed E-state index contributed by atoms with van der Waals surface area (Å²) in [4.78, 5) is 0. The molecular weight excluding hydrogens is 218 g/mol. The molecule has 1 heteroatoms. The summed E-state index contributed by atoms with van der Waals surface area (Å²) in [6.45, 7) is 6.83. The van der Waals surface area contributed by atoms with Crippen LogP contribution in [-0.2, 0) is 0 Å². The van der Waals surface area contributed by atoms with E-state index in [1.54, 1.807) is 0 Å². The molecule has 0 saturated carbocycles. The first-order chi connectivity index (χ1) is 8.74. The summed E-state index contributed by atoms with van der Waals surface area (Å²) in [5.41, 5.74) is 1.38. The van der Waals surface area contributed by atoms with Gasteiger partial charge in [-0.05, 0) is 25.8 Å². The Hall–Kier alpha value is -0.820. The molecule has 1 aromatic rings. The van der Waals surface area contributed by atoms with E-state index in [1.165, 1.54) is 44.1 Å². The van der Waals surface area contributed by atoms with Gasteiger partial charge in [-0.1, -0.05) is 69.4 Å². The molecule has 0 saturated heterocycles. The molecule has 0 amide bonds. The van der Waals surface area contributed by atoms with Crippen LogP contribution >= 0.6 is 0 Å². The molecular formula is C17H29N. The van der Waals surface area contributed by atoms with Gasteiger partial charge < -0.3 is 5.32 Å². The minimum atomic E-state index is 0.455. The van der Waals surface area contributed by atoms with Crippen molar-refractivity contribution in [2.75, 3.05) is 0 Å². The quantitative estimate of drug-likeness (QED) is 0.600. The molecule has 102 valence electrons. The van der Waals surface area contributed by atoms with Crippen LogP contribution in [0.5, 0.6) is 0 Å². The maximum atomic E-state index is 3.69. The molecule has 2 unspecified atom stereocenters. The van der Waals surface area contributed by atoms with Gasteiger partial charge in [0.1, 0.15) is 0 Å². The summed E-state index contributed by atoms with van der Waals surface area (Å²) in [5.74, 6) is 0. The van der Waals surface area contributed by atoms with Crippen molar-refractivity contribution in [3.8, 4) is 0 Å². The third-order valence-electron chi connectivity index (χ3n) is 3.57. The van der Waals surface area contributed by atoms with Crippen LogP contribution in [0.2, 0.25) is 0 Å². The van der Waals surface area contributed by atoms with Gasteiger partial charge in [0.2, 0.25) is 0 Å². The molecule has 1 nitrogen and oxygen atoms in total. The van der Waals surface area contributed by atoms with Crippen molar-refractivity contribution in [1.29, 1.82) is 0 Å². The lowest BCUT2D eigenvalue weighted by atomic mass is 10.0. The van der Waals surface area contributed by atoms with Crippen LogP contribution < -0.4 is 5.32 Å². The first-order valence-electron chi connectivity index (χ1n) is 7.55. The molecule has 0 spiro atoms. The fourth-order valence-electron chi connectivity index (χ4n) is 2.40. The van der Waals surface area contributed by atoms with E-state index in [4.69, 9.17) is 0 Å². The molecule has 0 aliphatic rings. The van der Waals surface area contributed by atoms with Crippen LogP contribution in [-0.4, -0.2) is 6.04 Å². The third-order valence-corrected chi connectivity index (χ3v) is 3.57. The summed E-state index contributed by atoms with van der Waals surface area (Å²) >= 11 is 0. The fraction of sp³-hybridized carbons (Fsp3) is 0.647. The van der Waals surface area contributed by atoms with E-state index in [1.807, 2.05) is 0 Å². The number of unbranched alkanes of at least 4 members (excludes halogenated alkanes) is 4. The third kappa shape index (κ3) is 6.20. The van der Waals surface area contributed by atoms with Crippen LogP contribution in [0.3, 0.4) is 0 Å². The molecule has 1 N–H and O–H groups in total. The molecule has 0 aliphatic carbocycles. The van der Waals surface area contributed by atoms with Gasteiger partial charge in [-0.2, -0.15) is 0 Å². The zero-order valence-corrected chi connectivity index (χ0v) is 12.3. The van der Waals surface area contributed by atoms with Gasteiger partial charge >= 0.3 is 0 Å². The summed E-state index contributed by atoms with van der Waals surface area (Å²) < 4.78 is 0. The van der Waals surface area contributed by atoms with Crippen molar-refractivity contribution in [3.63, 3.8) is 0 Å². The van der Waals surface area contributed by atoms with Gasteiger partial charge in [0.25, 0.3) is 0 Å². The SMILES string of the molecule is CCCCCCCC(C)NC(C)c1ccccc1. The van der Waals surface area contributed by atoms with E-state index < -0.39 is 0 Å². The molecule has 0 bridgehead atoms. The number of hydrogen-bond acceptors (Lipinski definition) is 1. The Balaban J connectivity index is 2.17. The maximum Gasteiger partial charge on any atom is 0.0294 e. The zero-order valence-electron chi connectivity index (χ0n) is 12.3. The minimum absolute atomic E-state index is 0.455. The normalized spacial score (nSPS) is 14.4. The molecule has 0 fully saturated rings. The summed E-state index contributed by atoms with van der Waals surface area (Å²) in [5, 5.41) is 3.69. The lowest BCUT2D eigenvalue weighted by Gasteiger charge is -2.20. The highest BCUT2D eigenvalue weighted by atomic mass is 14.9. The maximum absolute atomic E-state index is 3.69. The Labute approximate surface area is 113 Å². The Bertz CT molecular complexity index is 294. The fourth-order valence-corrected chi connectivity index (χ4v) is 2.40. The van der Waals surface area contributed by atoms with E-state index >= 15 is 0 Å². The standard InChI is InChI=1S/C17H29N/c1-4-5-6-7-9-12-15(2)18-16(3)17-13-10-8-11-14-17/h8,10-11,13-16,18H,4-7,9,12H2,1-3H3. The van der Waals surface area contributed by atoms with Gasteiger partial charge in [-0.3, -0.25) is 0 Å². The first-order valence-corrected chi connectivity index (χ1v) is 7.55. The highest BCUT2D eigenvalue weighted by Crippen LogP contribution is 2.14. The predicted molar refractivity (Wildman–Crippen MR) is 80.8 cm³/mol. The van der Waals surface area contributed by atoms with Crippen molar-refractivity contribution in [3.05, 3.63) is 35.9 Å². The number of rotatable bonds is 9. The lowest BCUT2D eigenvalue weighted by molar-refractivity contribution is 0.436. The molecule has 0 aliphatic heterocycles. The monoisotopic (exact) mass is 247 g/mol. The Morgan fingerprint density at radius 3 is 2.28 bits per heavy atom. The molecule has 0 heterocycles. The second kappa shape index (κ2) is 9.16. The number of benzene rings is 1. The topological polar surface area (TPSA) is 12.0 Å². The number of hydrogen-bond donors (Lipinski definition) is 1. The minimum Gasteiger partial charge on any atom is -0.308 e. The molecule has 1 aromatic carbocycles. The molecule has 0 radical (unpaired) electrons. The van der Waals surface area contributed by atoms with Gasteiger partial charge in [0.15, 0.2) is 0 Å². The molecule has 0 aromatic heterocycles. The Morgan fingerprint density at radius 2 is 1.61 bits per heavy atom. The van der Waals surface area contributed by atoms with Crippen molar-refractivity contribution in [2.24, 2.45) is 0 Å². The molecule has 2 atom stereocenters. The van der Waals surface area contributed by atoms with Crippen LogP contribution in [0.25, 0.3) is 0 Å². The highest BCUT2D eigenvalue weighted by molar-refractivity contribution is 5.18. The lowest BCUT2D eigenvalue weighted by Crippen LogP contribution is -2.28. The van der Waals surface area contributed by atoms with E-state index in [0.29, 0.717) is 12.1 Å². The Kier molecular flexibility index (Phi) is 7.75. The van der Waals surface area contributed by atoms with E-state index in [0.717, 1.165) is 0 Å². The van der Waals surface area contributed by atoms with Crippen LogP contribution in [0.4, 0.5) is 0 Å². The smallest absolute Gasteiger partial charge is 0.0294 e. The Morgan fingerprint density at radius 1 is 0.944 bits per heavy atom. The predicted octanol–water partition coefficient (Wildman–Crippen LogP) is 5.09. The number of nitrogens with one attached hydrogen (secondary N) is 1. The zero-order chi connectivity index (χ0) is 13.2. The summed E-state index contributed by atoms with van der Waals surface area (Å²) in [6.07, 6.45) is 8.16. The van der Waals surface area contributed by atoms with Gasteiger partial charge in [0, 0.05) is 12.1 Å². The molecule has 1 rings (SSSR count). The summed E-state index contributed by atoms with van der Waals surface area (Å²) in [6, 6.07) is 11.8. The van der Waals surface area contributed by atoms with Gasteiger partial charge in [-0.25, -0.2) is 0 Å². The highest BCUT2D eigenvalue weighted by Gasteiger charge is 2.08. The second-order valence-corrected chi connectivity index (χ2v) is 5.40. The van der Waals surface area contributed by atoms with Crippen molar-refractivity contribution >= 4 is 0 Å². The van der Waals surface area contributed by atoms with Crippen molar-refractivity contribution in [2.45, 2.75) is 71.4 Å². The van der Waals surface area contributed by atoms with Crippen LogP contribution in [0.1, 0.15) is 70.9 Å². The van der Waals surface area contributed by atoms with Gasteiger partial charge in [0.05, 0.1) is 0 Å². The average molecular weight is 247 g/mol. The molecule has 18 heavy (non-hydrogen) atoms. The van der Waals surface area contributed by atoms with Gasteiger partial charge in [-0.15, -0.1) is 0 Å². The average Bonchev–Trinajstić information content (AvgIpc) is 2.39. The van der Waals surface area contributed by atoms with E-state index in [-0.39, 0.29) is 0 Å².